The van der Waals surface area contributed by atoms with Crippen LogP contribution in [-0.4, -0.2) is 52.0 Å². The van der Waals surface area contributed by atoms with Gasteiger partial charge in [0.15, 0.2) is 0 Å². The highest BCUT2D eigenvalue weighted by atomic mass is 32.1. The van der Waals surface area contributed by atoms with E-state index in [-0.39, 0.29) is 0 Å². The fourth-order valence-electron chi connectivity index (χ4n) is 3.43. The number of unbranched alkanes of at least 4 members (excludes halogenated alkanes) is 7. The Balaban J connectivity index is 1.30. The maximum atomic E-state index is 4.67. The van der Waals surface area contributed by atoms with Crippen LogP contribution < -0.4 is 15.1 Å². The highest BCUT2D eigenvalue weighted by Gasteiger charge is 2.21. The lowest BCUT2D eigenvalue weighted by Gasteiger charge is -2.34. The number of anilines is 3. The minimum Gasteiger partial charge on any atom is -0.353 e. The lowest BCUT2D eigenvalue weighted by atomic mass is 10.1. The van der Waals surface area contributed by atoms with E-state index in [0.717, 1.165) is 49.8 Å². The highest BCUT2D eigenvalue weighted by Crippen LogP contribution is 2.22. The molecule has 1 N–H and O–H groups in total. The standard InChI is InChI=1S/C20H33N7S/c1-2-3-4-5-6-7-8-9-11-21-18-24-20(28-25-18)27-16-14-26(15-17-27)19-22-12-10-13-23-19/h10,12-13H,2-9,11,14-17H2,1H3,(H,21,25). The molecule has 7 nitrogen and oxygen atoms in total. The molecule has 0 saturated carbocycles. The van der Waals surface area contributed by atoms with Gasteiger partial charge in [0.25, 0.3) is 0 Å². The molecule has 3 heterocycles. The van der Waals surface area contributed by atoms with E-state index in [0.29, 0.717) is 0 Å². The molecule has 8 heteroatoms. The number of aromatic nitrogens is 4. The Morgan fingerprint density at radius 2 is 1.54 bits per heavy atom. The van der Waals surface area contributed by atoms with Crippen molar-refractivity contribution in [3.05, 3.63) is 18.5 Å². The summed E-state index contributed by atoms with van der Waals surface area (Å²) in [6.45, 7) is 6.89. The molecule has 0 unspecified atom stereocenters. The summed E-state index contributed by atoms with van der Waals surface area (Å²) in [5.74, 6) is 1.59. The van der Waals surface area contributed by atoms with E-state index in [1.807, 2.05) is 6.07 Å². The fourth-order valence-corrected chi connectivity index (χ4v) is 4.13. The molecule has 3 rings (SSSR count). The molecule has 1 aliphatic heterocycles. The molecular formula is C20H33N7S. The SMILES string of the molecule is CCCCCCCCCCNc1nsc(N2CCN(c3ncccn3)CC2)n1. The van der Waals surface area contributed by atoms with Crippen molar-refractivity contribution < 1.29 is 0 Å². The second-order valence-corrected chi connectivity index (χ2v) is 8.06. The van der Waals surface area contributed by atoms with Crippen molar-refractivity contribution in [3.8, 4) is 0 Å². The maximum Gasteiger partial charge on any atom is 0.236 e. The topological polar surface area (TPSA) is 70.1 Å². The van der Waals surface area contributed by atoms with Crippen LogP contribution in [0, 0.1) is 0 Å². The minimum atomic E-state index is 0.775. The van der Waals surface area contributed by atoms with E-state index >= 15 is 0 Å². The normalized spacial score (nSPS) is 14.5. The molecule has 0 atom stereocenters. The Kier molecular flexibility index (Phi) is 8.74. The van der Waals surface area contributed by atoms with Crippen molar-refractivity contribution in [2.75, 3.05) is 47.8 Å². The van der Waals surface area contributed by atoms with Gasteiger partial charge in [-0.3, -0.25) is 0 Å². The first kappa shape index (κ1) is 20.8. The summed E-state index contributed by atoms with van der Waals surface area (Å²) in [6.07, 6.45) is 14.3. The molecule has 1 fully saturated rings. The molecule has 0 radical (unpaired) electrons. The number of hydrogen-bond acceptors (Lipinski definition) is 8. The van der Waals surface area contributed by atoms with Gasteiger partial charge in [0, 0.05) is 56.6 Å². The largest absolute Gasteiger partial charge is 0.353 e. The van der Waals surface area contributed by atoms with Gasteiger partial charge in [-0.1, -0.05) is 51.9 Å². The Labute approximate surface area is 172 Å². The third kappa shape index (κ3) is 6.58. The lowest BCUT2D eigenvalue weighted by molar-refractivity contribution is 0.581. The van der Waals surface area contributed by atoms with E-state index < -0.39 is 0 Å². The van der Waals surface area contributed by atoms with Crippen LogP contribution in [0.2, 0.25) is 0 Å². The number of nitrogens with one attached hydrogen (secondary N) is 1. The van der Waals surface area contributed by atoms with E-state index in [4.69, 9.17) is 0 Å². The van der Waals surface area contributed by atoms with Gasteiger partial charge in [-0.05, 0) is 12.5 Å². The zero-order valence-electron chi connectivity index (χ0n) is 17.0. The van der Waals surface area contributed by atoms with Crippen molar-refractivity contribution in [1.29, 1.82) is 0 Å². The summed E-state index contributed by atoms with van der Waals surface area (Å²) < 4.78 is 4.48. The van der Waals surface area contributed by atoms with Gasteiger partial charge in [-0.15, -0.1) is 0 Å². The zero-order chi connectivity index (χ0) is 19.4. The Morgan fingerprint density at radius 3 is 2.25 bits per heavy atom. The van der Waals surface area contributed by atoms with Crippen molar-refractivity contribution in [3.63, 3.8) is 0 Å². The highest BCUT2D eigenvalue weighted by molar-refractivity contribution is 7.09. The summed E-state index contributed by atoms with van der Waals surface area (Å²) in [6, 6.07) is 1.85. The van der Waals surface area contributed by atoms with Crippen LogP contribution in [0.3, 0.4) is 0 Å². The smallest absolute Gasteiger partial charge is 0.236 e. The predicted octanol–water partition coefficient (Wildman–Crippen LogP) is 4.21. The molecule has 0 bridgehead atoms. The minimum absolute atomic E-state index is 0.775. The van der Waals surface area contributed by atoms with Gasteiger partial charge < -0.3 is 15.1 Å². The average molecular weight is 404 g/mol. The molecule has 2 aromatic heterocycles. The first-order chi connectivity index (χ1) is 13.9. The van der Waals surface area contributed by atoms with Crippen LogP contribution in [0.5, 0.6) is 0 Å². The van der Waals surface area contributed by atoms with E-state index in [1.165, 1.54) is 62.9 Å². The third-order valence-electron chi connectivity index (χ3n) is 5.11. The van der Waals surface area contributed by atoms with Gasteiger partial charge in [-0.2, -0.15) is 9.36 Å². The van der Waals surface area contributed by atoms with Gasteiger partial charge >= 0.3 is 0 Å². The number of hydrogen-bond donors (Lipinski definition) is 1. The van der Waals surface area contributed by atoms with Gasteiger partial charge in [0.05, 0.1) is 0 Å². The molecule has 1 aliphatic rings. The third-order valence-corrected chi connectivity index (χ3v) is 5.89. The molecular weight excluding hydrogens is 370 g/mol. The van der Waals surface area contributed by atoms with Crippen LogP contribution in [0.25, 0.3) is 0 Å². The first-order valence-corrected chi connectivity index (χ1v) is 11.5. The molecule has 28 heavy (non-hydrogen) atoms. The Bertz CT molecular complexity index is 656. The summed E-state index contributed by atoms with van der Waals surface area (Å²) in [5.41, 5.74) is 0. The lowest BCUT2D eigenvalue weighted by Crippen LogP contribution is -2.47. The zero-order valence-corrected chi connectivity index (χ0v) is 17.8. The molecule has 1 saturated heterocycles. The molecule has 0 aromatic carbocycles. The average Bonchev–Trinajstić information content (AvgIpc) is 3.22. The van der Waals surface area contributed by atoms with E-state index in [9.17, 15) is 0 Å². The first-order valence-electron chi connectivity index (χ1n) is 10.7. The van der Waals surface area contributed by atoms with Crippen molar-refractivity contribution in [2.45, 2.75) is 58.3 Å². The van der Waals surface area contributed by atoms with Crippen molar-refractivity contribution in [2.24, 2.45) is 0 Å². The molecule has 2 aromatic rings. The van der Waals surface area contributed by atoms with Crippen LogP contribution in [-0.2, 0) is 0 Å². The monoisotopic (exact) mass is 403 g/mol. The van der Waals surface area contributed by atoms with Crippen LogP contribution in [0.1, 0.15) is 58.3 Å². The van der Waals surface area contributed by atoms with Crippen molar-refractivity contribution >= 4 is 28.6 Å². The molecule has 0 amide bonds. The van der Waals surface area contributed by atoms with Crippen LogP contribution in [0.4, 0.5) is 17.0 Å². The fraction of sp³-hybridized carbons (Fsp3) is 0.700. The van der Waals surface area contributed by atoms with E-state index in [2.05, 4.69) is 41.4 Å². The Hall–Kier alpha value is -1.96. The Morgan fingerprint density at radius 1 is 0.893 bits per heavy atom. The maximum absolute atomic E-state index is 4.67. The van der Waals surface area contributed by atoms with Crippen LogP contribution in [0.15, 0.2) is 18.5 Å². The summed E-state index contributed by atoms with van der Waals surface area (Å²) in [7, 11) is 0. The second-order valence-electron chi connectivity index (χ2n) is 7.33. The van der Waals surface area contributed by atoms with Gasteiger partial charge in [0.1, 0.15) is 0 Å². The quantitative estimate of drug-likeness (QED) is 0.532. The van der Waals surface area contributed by atoms with Gasteiger partial charge in [-0.25, -0.2) is 9.97 Å². The predicted molar refractivity (Wildman–Crippen MR) is 117 cm³/mol. The summed E-state index contributed by atoms with van der Waals surface area (Å²) in [4.78, 5) is 17.9. The summed E-state index contributed by atoms with van der Waals surface area (Å²) in [5, 5.41) is 4.39. The van der Waals surface area contributed by atoms with Crippen molar-refractivity contribution in [1.82, 2.24) is 19.3 Å². The number of nitrogens with zero attached hydrogens (tertiary/aromatic N) is 6. The number of piperazine rings is 1. The second kappa shape index (κ2) is 11.8. The number of rotatable bonds is 12. The molecule has 0 spiro atoms. The summed E-state index contributed by atoms with van der Waals surface area (Å²) >= 11 is 1.49. The van der Waals surface area contributed by atoms with Crippen LogP contribution >= 0.6 is 11.5 Å². The van der Waals surface area contributed by atoms with Gasteiger partial charge in [0.2, 0.25) is 17.0 Å². The molecule has 0 aliphatic carbocycles. The van der Waals surface area contributed by atoms with E-state index in [1.54, 1.807) is 12.4 Å². The molecule has 154 valence electrons.